The molecular formula is C34H35ClN6O2. The van der Waals surface area contributed by atoms with E-state index in [1.54, 1.807) is 24.3 Å². The topological polar surface area (TPSA) is 107 Å². The second-order valence-electron chi connectivity index (χ2n) is 9.87. The van der Waals surface area contributed by atoms with Gasteiger partial charge >= 0.3 is 0 Å². The van der Waals surface area contributed by atoms with E-state index >= 15 is 0 Å². The fourth-order valence-corrected chi connectivity index (χ4v) is 4.54. The van der Waals surface area contributed by atoms with Crippen LogP contribution in [0.15, 0.2) is 119 Å². The number of halogens is 1. The van der Waals surface area contributed by atoms with E-state index in [1.165, 1.54) is 11.1 Å². The third kappa shape index (κ3) is 9.44. The van der Waals surface area contributed by atoms with Gasteiger partial charge in [0.25, 0.3) is 11.1 Å². The number of fused-ring (bicyclic) bond motifs is 2. The molecule has 0 spiro atoms. The Kier molecular flexibility index (Phi) is 11.7. The molecule has 0 unspecified atom stereocenters. The number of aromatic nitrogens is 4. The van der Waals surface area contributed by atoms with Crippen LogP contribution in [0.3, 0.4) is 0 Å². The molecule has 43 heavy (non-hydrogen) atoms. The summed E-state index contributed by atoms with van der Waals surface area (Å²) in [4.78, 5) is 39.7. The van der Waals surface area contributed by atoms with Gasteiger partial charge in [-0.25, -0.2) is 9.97 Å². The number of rotatable bonds is 7. The van der Waals surface area contributed by atoms with Gasteiger partial charge in [-0.05, 0) is 49.5 Å². The van der Waals surface area contributed by atoms with Gasteiger partial charge in [-0.2, -0.15) is 0 Å². The lowest BCUT2D eigenvalue weighted by Gasteiger charge is -2.16. The van der Waals surface area contributed by atoms with E-state index in [1.807, 2.05) is 74.8 Å². The molecule has 0 radical (unpaired) electrons. The summed E-state index contributed by atoms with van der Waals surface area (Å²) in [7, 11) is 3.97. The Hall–Kier alpha value is -4.63. The zero-order chi connectivity index (χ0) is 30.4. The van der Waals surface area contributed by atoms with Crippen LogP contribution in [-0.4, -0.2) is 38.9 Å². The van der Waals surface area contributed by atoms with Crippen molar-refractivity contribution in [2.45, 2.75) is 25.5 Å². The van der Waals surface area contributed by atoms with Crippen molar-refractivity contribution < 1.29 is 0 Å². The molecule has 6 rings (SSSR count). The molecule has 3 N–H and O–H groups in total. The molecule has 0 aliphatic rings. The highest BCUT2D eigenvalue weighted by Crippen LogP contribution is 2.09. The predicted octanol–water partition coefficient (Wildman–Crippen LogP) is 5.62. The molecule has 0 atom stereocenters. The van der Waals surface area contributed by atoms with Crippen LogP contribution in [-0.2, 0) is 25.5 Å². The van der Waals surface area contributed by atoms with E-state index < -0.39 is 0 Å². The van der Waals surface area contributed by atoms with E-state index in [9.17, 15) is 9.59 Å². The maximum Gasteiger partial charge on any atom is 0.258 e. The molecule has 4 aromatic carbocycles. The van der Waals surface area contributed by atoms with E-state index in [2.05, 4.69) is 54.4 Å². The first-order chi connectivity index (χ1) is 21.0. The number of benzene rings is 4. The van der Waals surface area contributed by atoms with Crippen LogP contribution in [0.2, 0.25) is 0 Å². The van der Waals surface area contributed by atoms with Gasteiger partial charge in [0.05, 0.1) is 34.2 Å². The number of aromatic amines is 2. The summed E-state index contributed by atoms with van der Waals surface area (Å²) in [5.74, 6) is 1.42. The predicted molar refractivity (Wildman–Crippen MR) is 175 cm³/mol. The fraction of sp³-hybridized carbons (Fsp3) is 0.176. The fourth-order valence-electron chi connectivity index (χ4n) is 4.41. The standard InChI is InChI=1S/C17H17N3O.C9H7ClN2O.C8H11N/c1-20(11-13-7-3-2-4-8-13)12-16-18-15-10-6-5-9-14(15)17(21)19-16;10-5-8-11-7-4-2-1-3-6(7)9(13)12-8;1-9-7-8-5-3-2-4-6-8/h2-10H,11-12H2,1H3,(H,18,19,21);1-4H,5H2,(H,11,12,13);2-6,9H,7H2,1H3. The summed E-state index contributed by atoms with van der Waals surface area (Å²) < 4.78 is 0. The minimum atomic E-state index is -0.138. The molecule has 2 heterocycles. The van der Waals surface area contributed by atoms with Crippen molar-refractivity contribution in [3.05, 3.63) is 153 Å². The molecule has 0 aliphatic heterocycles. The van der Waals surface area contributed by atoms with Crippen LogP contribution in [0.1, 0.15) is 22.8 Å². The van der Waals surface area contributed by atoms with Crippen molar-refractivity contribution in [2.75, 3.05) is 14.1 Å². The number of nitrogens with one attached hydrogen (secondary N) is 3. The highest BCUT2D eigenvalue weighted by atomic mass is 35.5. The zero-order valence-electron chi connectivity index (χ0n) is 24.3. The Morgan fingerprint density at radius 2 is 1.12 bits per heavy atom. The van der Waals surface area contributed by atoms with Crippen molar-refractivity contribution in [3.63, 3.8) is 0 Å². The normalized spacial score (nSPS) is 10.6. The molecule has 8 nitrogen and oxygen atoms in total. The molecule has 0 aliphatic carbocycles. The lowest BCUT2D eigenvalue weighted by atomic mass is 10.2. The van der Waals surface area contributed by atoms with Crippen LogP contribution in [0.5, 0.6) is 0 Å². The Balaban J connectivity index is 0.000000163. The van der Waals surface area contributed by atoms with Gasteiger partial charge in [0, 0.05) is 13.1 Å². The molecule has 0 fully saturated rings. The van der Waals surface area contributed by atoms with Crippen molar-refractivity contribution in [1.82, 2.24) is 30.2 Å². The van der Waals surface area contributed by atoms with Crippen molar-refractivity contribution in [2.24, 2.45) is 0 Å². The third-order valence-corrected chi connectivity index (χ3v) is 6.64. The van der Waals surface area contributed by atoms with E-state index in [4.69, 9.17) is 11.6 Å². The van der Waals surface area contributed by atoms with E-state index in [0.29, 0.717) is 34.5 Å². The maximum absolute atomic E-state index is 12.0. The van der Waals surface area contributed by atoms with Crippen molar-refractivity contribution >= 4 is 33.4 Å². The third-order valence-electron chi connectivity index (χ3n) is 6.39. The SMILES string of the molecule is CN(Cc1ccccc1)Cc1nc2ccccc2c(=O)[nH]1.CNCc1ccccc1.O=c1[nH]c(CCl)nc2ccccc12. The van der Waals surface area contributed by atoms with Crippen molar-refractivity contribution in [3.8, 4) is 0 Å². The summed E-state index contributed by atoms with van der Waals surface area (Å²) in [5, 5.41) is 4.31. The zero-order valence-corrected chi connectivity index (χ0v) is 25.0. The van der Waals surface area contributed by atoms with Crippen molar-refractivity contribution in [1.29, 1.82) is 0 Å². The van der Waals surface area contributed by atoms with E-state index in [0.717, 1.165) is 18.6 Å². The van der Waals surface area contributed by atoms with Gasteiger partial charge in [0.2, 0.25) is 0 Å². The van der Waals surface area contributed by atoms with Crippen LogP contribution >= 0.6 is 11.6 Å². The lowest BCUT2D eigenvalue weighted by Crippen LogP contribution is -2.21. The Bertz CT molecular complexity index is 1840. The van der Waals surface area contributed by atoms with Gasteiger partial charge in [0.15, 0.2) is 0 Å². The summed E-state index contributed by atoms with van der Waals surface area (Å²) in [6.07, 6.45) is 0. The first kappa shape index (κ1) is 31.3. The number of nitrogens with zero attached hydrogens (tertiary/aromatic N) is 3. The molecule has 0 amide bonds. The minimum Gasteiger partial charge on any atom is -0.316 e. The highest BCUT2D eigenvalue weighted by Gasteiger charge is 2.07. The van der Waals surface area contributed by atoms with Crippen LogP contribution < -0.4 is 16.4 Å². The molecule has 6 aromatic rings. The second-order valence-corrected chi connectivity index (χ2v) is 10.1. The molecule has 2 aromatic heterocycles. The van der Waals surface area contributed by atoms with Crippen LogP contribution in [0.25, 0.3) is 21.8 Å². The van der Waals surface area contributed by atoms with Gasteiger partial charge in [0.1, 0.15) is 11.6 Å². The average molecular weight is 595 g/mol. The van der Waals surface area contributed by atoms with Gasteiger partial charge < -0.3 is 15.3 Å². The Morgan fingerprint density at radius 1 is 0.651 bits per heavy atom. The number of para-hydroxylation sites is 2. The Labute approximate surface area is 255 Å². The van der Waals surface area contributed by atoms with Gasteiger partial charge in [-0.15, -0.1) is 11.6 Å². The number of alkyl halides is 1. The molecule has 0 bridgehead atoms. The largest absolute Gasteiger partial charge is 0.316 e. The summed E-state index contributed by atoms with van der Waals surface area (Å²) in [5.41, 5.74) is 3.78. The molecule has 0 saturated carbocycles. The summed E-state index contributed by atoms with van der Waals surface area (Å²) in [6, 6.07) is 35.2. The molecule has 0 saturated heterocycles. The highest BCUT2D eigenvalue weighted by molar-refractivity contribution is 6.16. The number of hydrogen-bond acceptors (Lipinski definition) is 6. The lowest BCUT2D eigenvalue weighted by molar-refractivity contribution is 0.311. The number of hydrogen-bond donors (Lipinski definition) is 3. The Morgan fingerprint density at radius 3 is 1.65 bits per heavy atom. The van der Waals surface area contributed by atoms with Crippen LogP contribution in [0.4, 0.5) is 0 Å². The van der Waals surface area contributed by atoms with Crippen LogP contribution in [0, 0.1) is 0 Å². The first-order valence-electron chi connectivity index (χ1n) is 13.9. The van der Waals surface area contributed by atoms with Gasteiger partial charge in [-0.1, -0.05) is 84.9 Å². The summed E-state index contributed by atoms with van der Waals surface area (Å²) in [6.45, 7) is 2.38. The second kappa shape index (κ2) is 16.1. The molecule has 9 heteroatoms. The first-order valence-corrected chi connectivity index (χ1v) is 14.4. The molecular weight excluding hydrogens is 560 g/mol. The van der Waals surface area contributed by atoms with Gasteiger partial charge in [-0.3, -0.25) is 14.5 Å². The minimum absolute atomic E-state index is 0.0799. The number of H-pyrrole nitrogens is 2. The quantitative estimate of drug-likeness (QED) is 0.207. The van der Waals surface area contributed by atoms with E-state index in [-0.39, 0.29) is 17.0 Å². The maximum atomic E-state index is 12.0. The molecule has 220 valence electrons. The smallest absolute Gasteiger partial charge is 0.258 e. The summed E-state index contributed by atoms with van der Waals surface area (Å²) >= 11 is 5.57. The average Bonchev–Trinajstić information content (AvgIpc) is 3.03. The monoisotopic (exact) mass is 594 g/mol.